The predicted octanol–water partition coefficient (Wildman–Crippen LogP) is 12.7. The monoisotopic (exact) mass is 866 g/mol. The highest BCUT2D eigenvalue weighted by molar-refractivity contribution is 5.70. The average molecular weight is 866 g/mol. The van der Waals surface area contributed by atoms with Gasteiger partial charge < -0.3 is 28.6 Å². The molecule has 0 saturated heterocycles. The van der Waals surface area contributed by atoms with Gasteiger partial charge in [0, 0.05) is 19.3 Å². The van der Waals surface area contributed by atoms with Gasteiger partial charge in [0.25, 0.3) is 0 Å². The number of carboxylic acid groups (broad SMARTS) is 1. The normalized spacial score (nSPS) is 13.6. The minimum Gasteiger partial charge on any atom is -0.544 e. The Kier molecular flexibility index (Phi) is 41.6. The first-order valence-electron chi connectivity index (χ1n) is 24.6. The van der Waals surface area contributed by atoms with Crippen LogP contribution in [-0.4, -0.2) is 75.5 Å². The van der Waals surface area contributed by atoms with E-state index in [0.717, 1.165) is 83.5 Å². The van der Waals surface area contributed by atoms with Gasteiger partial charge in [-0.05, 0) is 83.5 Å². The number of quaternary nitrogens is 1. The zero-order chi connectivity index (χ0) is 45.6. The van der Waals surface area contributed by atoms with Crippen molar-refractivity contribution in [3.05, 3.63) is 85.1 Å². The number of carbonyl (C=O) groups is 3. The highest BCUT2D eigenvalue weighted by Crippen LogP contribution is 2.13. The summed E-state index contributed by atoms with van der Waals surface area (Å²) in [6.07, 6.45) is 57.6. The Bertz CT molecular complexity index is 1290. The Morgan fingerprint density at radius 3 is 1.40 bits per heavy atom. The lowest BCUT2D eigenvalue weighted by molar-refractivity contribution is -0.889. The van der Waals surface area contributed by atoms with Gasteiger partial charge in [-0.25, -0.2) is 0 Å². The molecule has 0 aromatic rings. The smallest absolute Gasteiger partial charge is 0.306 e. The van der Waals surface area contributed by atoms with Crippen molar-refractivity contribution in [2.24, 2.45) is 0 Å². The fourth-order valence-corrected chi connectivity index (χ4v) is 6.72. The van der Waals surface area contributed by atoms with Gasteiger partial charge in [0.2, 0.25) is 0 Å². The molecular formula is C54H91NO7. The molecule has 8 heteroatoms. The van der Waals surface area contributed by atoms with E-state index >= 15 is 0 Å². The average Bonchev–Trinajstić information content (AvgIpc) is 3.23. The van der Waals surface area contributed by atoms with Crippen LogP contribution in [0, 0.1) is 0 Å². The number of carboxylic acids is 1. The molecule has 8 nitrogen and oxygen atoms in total. The summed E-state index contributed by atoms with van der Waals surface area (Å²) >= 11 is 0. The molecule has 0 radical (unpaired) electrons. The summed E-state index contributed by atoms with van der Waals surface area (Å²) in [4.78, 5) is 37.0. The van der Waals surface area contributed by atoms with Crippen LogP contribution in [-0.2, 0) is 28.6 Å². The Hall–Kier alpha value is -3.49. The Labute approximate surface area is 380 Å². The summed E-state index contributed by atoms with van der Waals surface area (Å²) in [6, 6.07) is -0.740. The van der Waals surface area contributed by atoms with Crippen LogP contribution in [0.1, 0.15) is 187 Å². The molecule has 62 heavy (non-hydrogen) atoms. The second-order valence-corrected chi connectivity index (χ2v) is 17.3. The lowest BCUT2D eigenvalue weighted by atomic mass is 10.1. The van der Waals surface area contributed by atoms with E-state index in [1.807, 2.05) is 0 Å². The maximum atomic E-state index is 12.8. The number of carbonyl (C=O) groups excluding carboxylic acids is 3. The van der Waals surface area contributed by atoms with Gasteiger partial charge in [-0.15, -0.1) is 0 Å². The largest absolute Gasteiger partial charge is 0.544 e. The van der Waals surface area contributed by atoms with Gasteiger partial charge in [0.05, 0.1) is 40.3 Å². The van der Waals surface area contributed by atoms with Crippen molar-refractivity contribution in [3.63, 3.8) is 0 Å². The van der Waals surface area contributed by atoms with Crippen LogP contribution in [0.15, 0.2) is 85.1 Å². The number of unbranched alkanes of at least 4 members (excludes halogenated alkanes) is 15. The topological polar surface area (TPSA) is 102 Å². The Morgan fingerprint density at radius 1 is 0.500 bits per heavy atom. The summed E-state index contributed by atoms with van der Waals surface area (Å²) in [5, 5.41) is 11.7. The van der Waals surface area contributed by atoms with E-state index in [0.29, 0.717) is 12.8 Å². The number of hydrogen-bond acceptors (Lipinski definition) is 7. The molecule has 0 rings (SSSR count). The minimum atomic E-state index is -1.14. The number of hydrogen-bond donors (Lipinski definition) is 0. The van der Waals surface area contributed by atoms with Gasteiger partial charge in [0.1, 0.15) is 12.6 Å². The molecule has 0 heterocycles. The summed E-state index contributed by atoms with van der Waals surface area (Å²) < 4.78 is 17.1. The zero-order valence-electron chi connectivity index (χ0n) is 40.3. The minimum absolute atomic E-state index is 0.0150. The van der Waals surface area contributed by atoms with Crippen molar-refractivity contribution < 1.29 is 38.2 Å². The standard InChI is InChI=1S/C54H91NO7/c1-6-8-10-12-14-16-18-20-22-24-26-27-29-30-32-34-36-38-40-42-44-52(56)61-49-50(48-60-47-46-51(54(58)59)55(3,4)5)62-53(57)45-43-41-39-37-35-33-31-28-25-23-21-19-17-15-13-11-9-7-2/h8,10,14,16,20,22,26-28,30-32,36,38,50-51H,6-7,9,11-13,15,17-19,21,23-25,29,33-35,37,39-49H2,1-5H3/b10-8+,16-14+,22-20+,27-26+,31-28+,32-30+,38-36+. The maximum absolute atomic E-state index is 12.8. The molecule has 0 amide bonds. The van der Waals surface area contributed by atoms with E-state index in [2.05, 4.69) is 98.9 Å². The Morgan fingerprint density at radius 2 is 0.919 bits per heavy atom. The van der Waals surface area contributed by atoms with Crippen LogP contribution in [0.5, 0.6) is 0 Å². The van der Waals surface area contributed by atoms with Crippen LogP contribution in [0.4, 0.5) is 0 Å². The molecular weight excluding hydrogens is 775 g/mol. The molecule has 0 aromatic heterocycles. The number of ether oxygens (including phenoxy) is 3. The SMILES string of the molecule is CC/C=C/C/C=C/C/C=C/C/C=C/C/C=C/C/C=C/CCCC(=O)OCC(COCCC(C(=O)[O-])[N+](C)(C)C)OC(=O)CCCCCCC/C=C/CCCCCCCCCCC. The van der Waals surface area contributed by atoms with E-state index in [1.54, 1.807) is 21.1 Å². The Balaban J connectivity index is 4.41. The van der Waals surface area contributed by atoms with Gasteiger partial charge >= 0.3 is 11.9 Å². The fourth-order valence-electron chi connectivity index (χ4n) is 6.72. The fraction of sp³-hybridized carbons (Fsp3) is 0.685. The van der Waals surface area contributed by atoms with Crippen molar-refractivity contribution >= 4 is 17.9 Å². The number of rotatable bonds is 43. The van der Waals surface area contributed by atoms with Crippen LogP contribution in [0.2, 0.25) is 0 Å². The number of aliphatic carboxylic acids is 1. The molecule has 0 fully saturated rings. The molecule has 0 bridgehead atoms. The van der Waals surface area contributed by atoms with Crippen LogP contribution in [0.3, 0.4) is 0 Å². The summed E-state index contributed by atoms with van der Waals surface area (Å²) in [7, 11) is 5.39. The molecule has 0 N–H and O–H groups in total. The van der Waals surface area contributed by atoms with Crippen molar-refractivity contribution in [2.45, 2.75) is 199 Å². The van der Waals surface area contributed by atoms with Crippen molar-refractivity contribution in [1.82, 2.24) is 0 Å². The van der Waals surface area contributed by atoms with Crippen molar-refractivity contribution in [1.29, 1.82) is 0 Å². The number of allylic oxidation sites excluding steroid dienone is 14. The van der Waals surface area contributed by atoms with E-state index in [4.69, 9.17) is 14.2 Å². The van der Waals surface area contributed by atoms with E-state index < -0.39 is 18.1 Å². The predicted molar refractivity (Wildman–Crippen MR) is 258 cm³/mol. The molecule has 0 aliphatic heterocycles. The number of likely N-dealkylation sites (N-methyl/N-ethyl adjacent to an activating group) is 1. The lowest BCUT2D eigenvalue weighted by Gasteiger charge is -2.34. The summed E-state index contributed by atoms with van der Waals surface area (Å²) in [5.74, 6) is -1.83. The molecule has 0 aromatic carbocycles. The molecule has 0 saturated carbocycles. The molecule has 2 unspecified atom stereocenters. The maximum Gasteiger partial charge on any atom is 0.306 e. The third-order valence-corrected chi connectivity index (χ3v) is 10.5. The highest BCUT2D eigenvalue weighted by Gasteiger charge is 2.25. The van der Waals surface area contributed by atoms with Crippen LogP contribution in [0.25, 0.3) is 0 Å². The first-order chi connectivity index (χ1) is 30.1. The summed E-state index contributed by atoms with van der Waals surface area (Å²) in [5.41, 5.74) is 0. The van der Waals surface area contributed by atoms with Gasteiger partial charge in [0.15, 0.2) is 6.10 Å². The first kappa shape index (κ1) is 58.5. The summed E-state index contributed by atoms with van der Waals surface area (Å²) in [6.45, 7) is 4.48. The lowest BCUT2D eigenvalue weighted by Crippen LogP contribution is -2.55. The molecule has 354 valence electrons. The number of nitrogens with zero attached hydrogens (tertiary/aromatic N) is 1. The second kappa shape index (κ2) is 44.1. The highest BCUT2D eigenvalue weighted by atomic mass is 16.6. The number of esters is 2. The quantitative estimate of drug-likeness (QED) is 0.0260. The van der Waals surface area contributed by atoms with Gasteiger partial charge in [-0.1, -0.05) is 170 Å². The second-order valence-electron chi connectivity index (χ2n) is 17.3. The van der Waals surface area contributed by atoms with Gasteiger partial charge in [-0.3, -0.25) is 9.59 Å². The molecule has 0 aliphatic rings. The molecule has 0 spiro atoms. The third kappa shape index (κ3) is 41.8. The zero-order valence-corrected chi connectivity index (χ0v) is 40.3. The van der Waals surface area contributed by atoms with E-state index in [-0.39, 0.29) is 49.1 Å². The van der Waals surface area contributed by atoms with Gasteiger partial charge in [-0.2, -0.15) is 0 Å². The molecule has 0 aliphatic carbocycles. The van der Waals surface area contributed by atoms with Crippen molar-refractivity contribution in [2.75, 3.05) is 41.0 Å². The van der Waals surface area contributed by atoms with E-state index in [1.165, 1.54) is 64.2 Å². The van der Waals surface area contributed by atoms with E-state index in [9.17, 15) is 19.5 Å². The van der Waals surface area contributed by atoms with Crippen LogP contribution >= 0.6 is 0 Å². The van der Waals surface area contributed by atoms with Crippen LogP contribution < -0.4 is 5.11 Å². The van der Waals surface area contributed by atoms with Crippen molar-refractivity contribution in [3.8, 4) is 0 Å². The first-order valence-corrected chi connectivity index (χ1v) is 24.6. The molecule has 2 atom stereocenters. The third-order valence-electron chi connectivity index (χ3n) is 10.5.